The van der Waals surface area contributed by atoms with Gasteiger partial charge in [-0.15, -0.1) is 0 Å². The van der Waals surface area contributed by atoms with Crippen molar-refractivity contribution < 1.29 is 18.8 Å². The molecule has 1 unspecified atom stereocenters. The second kappa shape index (κ2) is 5.36. The highest BCUT2D eigenvalue weighted by Gasteiger charge is 2.70. The van der Waals surface area contributed by atoms with Crippen LogP contribution in [0.2, 0.25) is 0 Å². The third-order valence-corrected chi connectivity index (χ3v) is 8.61. The number of aryl methyl sites for hydroxylation is 1. The molecule has 1 atom stereocenters. The van der Waals surface area contributed by atoms with Crippen molar-refractivity contribution in [2.24, 2.45) is 7.05 Å². The molecule has 176 valence electrons. The highest BCUT2D eigenvalue weighted by atomic mass is 16.5. The maximum absolute atomic E-state index is 6.69. The van der Waals surface area contributed by atoms with Gasteiger partial charge >= 0.3 is 17.2 Å². The summed E-state index contributed by atoms with van der Waals surface area (Å²) in [6.07, 6.45) is 5.70. The number of pyridine rings is 1. The average molecular weight is 494 g/mol. The van der Waals surface area contributed by atoms with Crippen LogP contribution in [0.1, 0.15) is 0 Å². The fourth-order valence-electron chi connectivity index (χ4n) is 7.39. The smallest absolute Gasteiger partial charge is 0.353 e. The van der Waals surface area contributed by atoms with E-state index in [2.05, 4.69) is 79.2 Å². The Bertz CT molecular complexity index is 2330. The Morgan fingerprint density at radius 3 is 2.63 bits per heavy atom. The lowest BCUT2D eigenvalue weighted by atomic mass is 10.1. The van der Waals surface area contributed by atoms with Crippen LogP contribution in [0.4, 0.5) is 11.4 Å². The summed E-state index contributed by atoms with van der Waals surface area (Å²) in [7, 11) is 2.07. The van der Waals surface area contributed by atoms with Gasteiger partial charge in [-0.2, -0.15) is 9.55 Å². The monoisotopic (exact) mass is 494 g/mol. The van der Waals surface area contributed by atoms with E-state index in [9.17, 15) is 0 Å². The highest BCUT2D eigenvalue weighted by molar-refractivity contribution is 6.11. The molecule has 1 spiro atoms. The lowest BCUT2D eigenvalue weighted by molar-refractivity contribution is -1.01. The van der Waals surface area contributed by atoms with Crippen LogP contribution < -0.4 is 23.5 Å². The Morgan fingerprint density at radius 2 is 1.66 bits per heavy atom. The first-order chi connectivity index (χ1) is 18.8. The van der Waals surface area contributed by atoms with E-state index < -0.39 is 0 Å². The van der Waals surface area contributed by atoms with E-state index in [0.717, 1.165) is 79.2 Å². The summed E-state index contributed by atoms with van der Waals surface area (Å²) >= 11 is 0. The van der Waals surface area contributed by atoms with E-state index in [-0.39, 0.29) is 4.70 Å². The zero-order chi connectivity index (χ0) is 24.5. The third-order valence-electron chi connectivity index (χ3n) is 8.61. The fraction of sp³-hybridized carbons (Fsp3) is 0.0345. The molecule has 4 aromatic heterocycles. The minimum Gasteiger partial charge on any atom is -0.448 e. The Labute approximate surface area is 213 Å². The summed E-state index contributed by atoms with van der Waals surface area (Å²) in [6.45, 7) is 0. The second-order valence-electron chi connectivity index (χ2n) is 10.2. The number of quaternary nitrogens is 1. The molecule has 11 rings (SSSR count). The number of benzene rings is 3. The number of hydrogen-bond acceptors (Lipinski definition) is 4. The van der Waals surface area contributed by atoms with Crippen LogP contribution in [-0.4, -0.2) is 19.1 Å². The number of fused-ring (bicyclic) bond motifs is 5. The van der Waals surface area contributed by atoms with Crippen molar-refractivity contribution in [2.45, 2.75) is 0 Å². The summed E-state index contributed by atoms with van der Waals surface area (Å²) in [5.74, 6) is 4.33. The van der Waals surface area contributed by atoms with Crippen LogP contribution in [0.15, 0.2) is 79.4 Å². The highest BCUT2D eigenvalue weighted by Crippen LogP contribution is 2.62. The standard InChI is InChI=1S/C29H16N7O2/c1-32-27-18(13-30-14-31-27)35-28(32)17-6-3-9-21-25(17)36(35)26-22(38-21)11-10-20-24(26)34-23-15(5-2-8-19(23)37-20)16-7-4-12-33(36)29(16)34/h2-14H,1H3/q+3. The normalized spacial score (nSPS) is 18.1. The predicted molar refractivity (Wildman–Crippen MR) is 138 cm³/mol. The molecule has 4 aliphatic rings. The number of nitrogens with zero attached hydrogens (tertiary/aromatic N) is 7. The molecular formula is C29H16N7O2+3. The van der Waals surface area contributed by atoms with E-state index in [1.165, 1.54) is 5.39 Å². The van der Waals surface area contributed by atoms with Gasteiger partial charge in [0.25, 0.3) is 16.9 Å². The molecule has 38 heavy (non-hydrogen) atoms. The van der Waals surface area contributed by atoms with E-state index in [1.807, 2.05) is 24.4 Å². The van der Waals surface area contributed by atoms with Gasteiger partial charge in [0, 0.05) is 10.1 Å². The van der Waals surface area contributed by atoms with Crippen molar-refractivity contribution in [3.8, 4) is 40.1 Å². The van der Waals surface area contributed by atoms with E-state index in [4.69, 9.17) is 14.5 Å². The Morgan fingerprint density at radius 1 is 0.842 bits per heavy atom. The SMILES string of the molecule is Cn1c2[n+](c3cncnc31)[N+]13c4c(cccc4-2)Oc2ccc4c(c21)-n1c2c(cccc2c2ccc[n+]3c21)O4. The quantitative estimate of drug-likeness (QED) is 0.226. The van der Waals surface area contributed by atoms with Crippen molar-refractivity contribution >= 4 is 44.5 Å². The van der Waals surface area contributed by atoms with Gasteiger partial charge in [-0.25, -0.2) is 9.55 Å². The molecule has 0 fully saturated rings. The summed E-state index contributed by atoms with van der Waals surface area (Å²) in [5, 5.41) is 2.33. The summed E-state index contributed by atoms with van der Waals surface area (Å²) < 4.78 is 22.8. The molecule has 0 N–H and O–H groups in total. The average Bonchev–Trinajstić information content (AvgIpc) is 3.57. The number of ether oxygens (including phenoxy) is 2. The minimum atomic E-state index is 0.260. The van der Waals surface area contributed by atoms with Crippen LogP contribution >= 0.6 is 0 Å². The van der Waals surface area contributed by atoms with Crippen molar-refractivity contribution in [2.75, 3.05) is 0 Å². The molecule has 8 heterocycles. The molecule has 4 aliphatic heterocycles. The second-order valence-corrected chi connectivity index (χ2v) is 10.2. The Kier molecular flexibility index (Phi) is 2.55. The molecule has 3 aromatic carbocycles. The molecule has 9 nitrogen and oxygen atoms in total. The Hall–Kier alpha value is -5.28. The van der Waals surface area contributed by atoms with Gasteiger partial charge in [0.2, 0.25) is 11.4 Å². The van der Waals surface area contributed by atoms with Crippen LogP contribution in [0, 0.1) is 0 Å². The topological polar surface area (TPSA) is 61.9 Å². The first kappa shape index (κ1) is 18.0. The van der Waals surface area contributed by atoms with Crippen LogP contribution in [0.25, 0.3) is 50.2 Å². The summed E-state index contributed by atoms with van der Waals surface area (Å²) in [6, 6.07) is 21.0. The van der Waals surface area contributed by atoms with E-state index >= 15 is 0 Å². The van der Waals surface area contributed by atoms with Crippen LogP contribution in [-0.2, 0) is 7.05 Å². The maximum atomic E-state index is 6.69. The van der Waals surface area contributed by atoms with Gasteiger partial charge in [0.15, 0.2) is 29.0 Å². The number of rotatable bonds is 0. The largest absolute Gasteiger partial charge is 0.448 e. The van der Waals surface area contributed by atoms with E-state index in [1.54, 1.807) is 6.33 Å². The zero-order valence-corrected chi connectivity index (χ0v) is 20.0. The Balaban J connectivity index is 1.52. The molecule has 7 aromatic rings. The van der Waals surface area contributed by atoms with Crippen molar-refractivity contribution in [1.82, 2.24) is 23.8 Å². The van der Waals surface area contributed by atoms with Crippen molar-refractivity contribution in [3.63, 3.8) is 0 Å². The molecule has 0 saturated carbocycles. The molecule has 0 bridgehead atoms. The zero-order valence-electron chi connectivity index (χ0n) is 20.0. The van der Waals surface area contributed by atoms with Crippen molar-refractivity contribution in [3.05, 3.63) is 79.4 Å². The van der Waals surface area contributed by atoms with Crippen LogP contribution in [0.5, 0.6) is 23.0 Å². The summed E-state index contributed by atoms with van der Waals surface area (Å²) in [5.41, 5.74) is 8.13. The maximum Gasteiger partial charge on any atom is 0.353 e. The summed E-state index contributed by atoms with van der Waals surface area (Å²) in [4.78, 5) is 9.16. The lowest BCUT2D eigenvalue weighted by Gasteiger charge is -2.34. The molecule has 0 radical (unpaired) electrons. The van der Waals surface area contributed by atoms with Gasteiger partial charge in [0.1, 0.15) is 11.9 Å². The molecule has 0 saturated heterocycles. The molecule has 9 heteroatoms. The van der Waals surface area contributed by atoms with Gasteiger partial charge < -0.3 is 9.47 Å². The number of imidazole rings is 1. The molecule has 0 amide bonds. The van der Waals surface area contributed by atoms with Gasteiger partial charge in [-0.1, -0.05) is 12.1 Å². The molecule has 0 aliphatic carbocycles. The van der Waals surface area contributed by atoms with E-state index in [0.29, 0.717) is 0 Å². The third kappa shape index (κ3) is 1.54. The minimum absolute atomic E-state index is 0.260. The van der Waals surface area contributed by atoms with Gasteiger partial charge in [0.05, 0.1) is 23.3 Å². The lowest BCUT2D eigenvalue weighted by Crippen LogP contribution is -2.84. The number of para-hydroxylation sites is 2. The predicted octanol–water partition coefficient (Wildman–Crippen LogP) is 4.71. The molecular weight excluding hydrogens is 478 g/mol. The fourth-order valence-corrected chi connectivity index (χ4v) is 7.39. The first-order valence-electron chi connectivity index (χ1n) is 12.5. The van der Waals surface area contributed by atoms with Crippen LogP contribution in [0.3, 0.4) is 0 Å². The van der Waals surface area contributed by atoms with Gasteiger partial charge in [-0.3, -0.25) is 0 Å². The first-order valence-corrected chi connectivity index (χ1v) is 12.5. The van der Waals surface area contributed by atoms with Gasteiger partial charge in [-0.05, 0) is 53.2 Å². The van der Waals surface area contributed by atoms with Crippen molar-refractivity contribution in [1.29, 1.82) is 0 Å². The number of aromatic nitrogens is 6. The number of hydrogen-bond donors (Lipinski definition) is 0.